The first-order valence-corrected chi connectivity index (χ1v) is 13.0. The summed E-state index contributed by atoms with van der Waals surface area (Å²) >= 11 is 0. The third-order valence-corrected chi connectivity index (χ3v) is 7.12. The van der Waals surface area contributed by atoms with Gasteiger partial charge in [-0.3, -0.25) is 9.59 Å². The molecule has 0 radical (unpaired) electrons. The zero-order valence-corrected chi connectivity index (χ0v) is 22.5. The van der Waals surface area contributed by atoms with Gasteiger partial charge in [0, 0.05) is 31.8 Å². The molecule has 1 saturated heterocycles. The Hall–Kier alpha value is -4.33. The number of alkyl halides is 4. The van der Waals surface area contributed by atoms with Crippen LogP contribution >= 0.6 is 0 Å². The summed E-state index contributed by atoms with van der Waals surface area (Å²) in [5.74, 6) is -3.52. The summed E-state index contributed by atoms with van der Waals surface area (Å²) in [4.78, 5) is 34.4. The van der Waals surface area contributed by atoms with Crippen LogP contribution in [0.2, 0.25) is 0 Å². The van der Waals surface area contributed by atoms with Crippen LogP contribution < -0.4 is 20.1 Å². The molecule has 2 N–H and O–H groups in total. The van der Waals surface area contributed by atoms with Crippen LogP contribution in [-0.4, -0.2) is 66.0 Å². The number of benzene rings is 2. The second kappa shape index (κ2) is 11.5. The van der Waals surface area contributed by atoms with Crippen molar-refractivity contribution in [1.82, 2.24) is 20.2 Å². The van der Waals surface area contributed by atoms with Gasteiger partial charge in [-0.05, 0) is 37.6 Å². The predicted molar refractivity (Wildman–Crippen MR) is 141 cm³/mol. The van der Waals surface area contributed by atoms with Gasteiger partial charge in [0.25, 0.3) is 5.91 Å². The number of fused-ring (bicyclic) bond motifs is 1. The molecule has 0 saturated carbocycles. The molecule has 2 heterocycles. The second-order valence-corrected chi connectivity index (χ2v) is 10.0. The summed E-state index contributed by atoms with van der Waals surface area (Å²) < 4.78 is 81.6. The number of carbonyl (C=O) groups is 2. The Kier molecular flexibility index (Phi) is 7.99. The van der Waals surface area contributed by atoms with E-state index in [1.165, 1.54) is 13.2 Å². The molecule has 14 heteroatoms. The van der Waals surface area contributed by atoms with Crippen molar-refractivity contribution < 1.29 is 41.0 Å². The largest absolute Gasteiger partial charge is 0.495 e. The van der Waals surface area contributed by atoms with Crippen LogP contribution in [-0.2, 0) is 12.6 Å². The van der Waals surface area contributed by atoms with Gasteiger partial charge in [-0.2, -0.15) is 18.2 Å². The van der Waals surface area contributed by atoms with Gasteiger partial charge in [0.2, 0.25) is 11.8 Å². The van der Waals surface area contributed by atoms with Gasteiger partial charge < -0.3 is 25.0 Å². The first kappa shape index (κ1) is 29.2. The molecule has 1 aliphatic carbocycles. The van der Waals surface area contributed by atoms with Crippen LogP contribution in [0.1, 0.15) is 44.7 Å². The number of amides is 1. The van der Waals surface area contributed by atoms with Crippen LogP contribution in [0.15, 0.2) is 36.5 Å². The molecule has 1 fully saturated rings. The smallest absolute Gasteiger partial charge is 0.423 e. The molecule has 2 atom stereocenters. The summed E-state index contributed by atoms with van der Waals surface area (Å²) in [7, 11) is 2.99. The zero-order valence-electron chi connectivity index (χ0n) is 22.5. The van der Waals surface area contributed by atoms with E-state index in [-0.39, 0.29) is 41.5 Å². The maximum atomic E-state index is 15.1. The van der Waals surface area contributed by atoms with Crippen molar-refractivity contribution in [3.05, 3.63) is 64.6 Å². The minimum absolute atomic E-state index is 0.0563. The van der Waals surface area contributed by atoms with Gasteiger partial charge in [0.05, 0.1) is 30.0 Å². The van der Waals surface area contributed by atoms with E-state index < -0.39 is 53.1 Å². The predicted octanol–water partition coefficient (Wildman–Crippen LogP) is 5.08. The Balaban J connectivity index is 1.42. The number of halogens is 5. The number of Topliss-reactive ketones (excluding diaryl/α,β-unsaturated/α-hetero) is 1. The van der Waals surface area contributed by atoms with Gasteiger partial charge in [-0.25, -0.2) is 13.8 Å². The topological polar surface area (TPSA) is 106 Å². The normalized spacial score (nSPS) is 18.9. The van der Waals surface area contributed by atoms with E-state index in [1.807, 2.05) is 0 Å². The number of methoxy groups -OCH3 is 1. The highest BCUT2D eigenvalue weighted by atomic mass is 19.4. The summed E-state index contributed by atoms with van der Waals surface area (Å²) in [5, 5.41) is 5.10. The molecule has 1 unspecified atom stereocenters. The fourth-order valence-corrected chi connectivity index (χ4v) is 4.94. The molecule has 1 aliphatic heterocycles. The lowest BCUT2D eigenvalue weighted by atomic mass is 10.0. The van der Waals surface area contributed by atoms with Gasteiger partial charge in [-0.1, -0.05) is 12.1 Å². The second-order valence-electron chi connectivity index (χ2n) is 10.0. The number of ether oxygens (including phenoxy) is 2. The van der Waals surface area contributed by atoms with Crippen molar-refractivity contribution in [1.29, 1.82) is 0 Å². The van der Waals surface area contributed by atoms with Crippen LogP contribution in [0, 0.1) is 5.82 Å². The van der Waals surface area contributed by atoms with Crippen molar-refractivity contribution in [2.24, 2.45) is 0 Å². The Morgan fingerprint density at radius 3 is 2.67 bits per heavy atom. The highest BCUT2D eigenvalue weighted by Gasteiger charge is 2.37. The number of aryl methyl sites for hydroxylation is 1. The number of hydrogen-bond acceptors (Lipinski definition) is 8. The third-order valence-electron chi connectivity index (χ3n) is 7.12. The molecular formula is C28H26F5N5O4. The van der Waals surface area contributed by atoms with Gasteiger partial charge in [-0.15, -0.1) is 0 Å². The van der Waals surface area contributed by atoms with E-state index >= 15 is 4.39 Å². The number of ketones is 1. The van der Waals surface area contributed by atoms with E-state index in [0.717, 1.165) is 12.1 Å². The summed E-state index contributed by atoms with van der Waals surface area (Å²) in [6, 6.07) is 5.80. The molecule has 1 aromatic heterocycles. The average Bonchev–Trinajstić information content (AvgIpc) is 3.31. The Morgan fingerprint density at radius 1 is 1.17 bits per heavy atom. The van der Waals surface area contributed by atoms with Gasteiger partial charge in [0.1, 0.15) is 29.1 Å². The number of carbonyl (C=O) groups excluding carboxylic acids is 2. The first-order chi connectivity index (χ1) is 19.9. The van der Waals surface area contributed by atoms with Crippen molar-refractivity contribution in [2.75, 3.05) is 32.6 Å². The maximum absolute atomic E-state index is 15.1. The standard InChI is InChI=1S/C28H26F5N5O4/c1-38-9-8-19(18(30)13-38)35-25(40)15-10-23(41-2)20(11-17(15)29)36-27-34-12-16(28(31,32)33)26(37-27)42-22-5-3-4-14-6-7-21(39)24(14)22/h3-5,10-12,18-19H,6-9,13H2,1-2H3,(H,35,40)(H,34,36,37)/t18-,19?/m1/s1. The van der Waals surface area contributed by atoms with Gasteiger partial charge >= 0.3 is 6.18 Å². The van der Waals surface area contributed by atoms with E-state index in [1.54, 1.807) is 24.1 Å². The van der Waals surface area contributed by atoms with E-state index in [9.17, 15) is 27.2 Å². The molecule has 2 aromatic carbocycles. The van der Waals surface area contributed by atoms with Crippen LogP contribution in [0.3, 0.4) is 0 Å². The van der Waals surface area contributed by atoms with Crippen LogP contribution in [0.5, 0.6) is 17.4 Å². The highest BCUT2D eigenvalue weighted by Crippen LogP contribution is 2.40. The molecule has 9 nitrogen and oxygen atoms in total. The molecule has 42 heavy (non-hydrogen) atoms. The number of nitrogens with zero attached hydrogens (tertiary/aromatic N) is 3. The number of rotatable bonds is 7. The highest BCUT2D eigenvalue weighted by molar-refractivity contribution is 6.03. The lowest BCUT2D eigenvalue weighted by molar-refractivity contribution is -0.139. The molecule has 5 rings (SSSR count). The monoisotopic (exact) mass is 591 g/mol. The van der Waals surface area contributed by atoms with Crippen LogP contribution in [0.4, 0.5) is 33.6 Å². The van der Waals surface area contributed by atoms with E-state index in [4.69, 9.17) is 9.47 Å². The molecular weight excluding hydrogens is 565 g/mol. The quantitative estimate of drug-likeness (QED) is 0.367. The number of piperidine rings is 1. The number of likely N-dealkylation sites (tertiary alicyclic amines) is 1. The summed E-state index contributed by atoms with van der Waals surface area (Å²) in [6.45, 7) is 0.684. The number of anilines is 2. The number of nitrogens with one attached hydrogen (secondary N) is 2. The Bertz CT molecular complexity index is 1530. The SMILES string of the molecule is COc1cc(C(=O)NC2CCN(C)C[C@H]2F)c(F)cc1Nc1ncc(C(F)(F)F)c(Oc2cccc3c2C(=O)CC3)n1. The first-order valence-electron chi connectivity index (χ1n) is 13.0. The molecule has 222 valence electrons. The minimum Gasteiger partial charge on any atom is -0.495 e. The van der Waals surface area contributed by atoms with Crippen molar-refractivity contribution in [3.8, 4) is 17.4 Å². The molecule has 3 aromatic rings. The zero-order chi connectivity index (χ0) is 30.2. The Morgan fingerprint density at radius 2 is 1.95 bits per heavy atom. The third kappa shape index (κ3) is 5.98. The lowest BCUT2D eigenvalue weighted by Gasteiger charge is -2.32. The van der Waals surface area contributed by atoms with Crippen molar-refractivity contribution >= 4 is 23.3 Å². The molecule has 0 bridgehead atoms. The fraction of sp³-hybridized carbons (Fsp3) is 0.357. The van der Waals surface area contributed by atoms with Crippen LogP contribution in [0.25, 0.3) is 0 Å². The van der Waals surface area contributed by atoms with Crippen molar-refractivity contribution in [3.63, 3.8) is 0 Å². The minimum atomic E-state index is -4.89. The number of aromatic nitrogens is 2. The maximum Gasteiger partial charge on any atom is 0.423 e. The average molecular weight is 592 g/mol. The molecule has 2 aliphatic rings. The molecule has 0 spiro atoms. The fourth-order valence-electron chi connectivity index (χ4n) is 4.94. The lowest BCUT2D eigenvalue weighted by Crippen LogP contribution is -2.51. The summed E-state index contributed by atoms with van der Waals surface area (Å²) in [5.41, 5.74) is -0.961. The van der Waals surface area contributed by atoms with E-state index in [2.05, 4.69) is 20.6 Å². The van der Waals surface area contributed by atoms with Crippen molar-refractivity contribution in [2.45, 2.75) is 37.7 Å². The summed E-state index contributed by atoms with van der Waals surface area (Å²) in [6.07, 6.45) is -4.72. The number of hydrogen-bond donors (Lipinski definition) is 2. The van der Waals surface area contributed by atoms with E-state index in [0.29, 0.717) is 31.1 Å². The molecule has 1 amide bonds. The Labute approximate surface area is 237 Å². The van der Waals surface area contributed by atoms with Gasteiger partial charge in [0.15, 0.2) is 5.78 Å².